The zero-order valence-electron chi connectivity index (χ0n) is 24.3. The van der Waals surface area contributed by atoms with E-state index in [-0.39, 0.29) is 17.2 Å². The summed E-state index contributed by atoms with van der Waals surface area (Å²) >= 11 is 0. The second-order valence-electron chi connectivity index (χ2n) is 13.6. The summed E-state index contributed by atoms with van der Waals surface area (Å²) in [7, 11) is -2.31. The minimum Gasteiger partial charge on any atom is -0.408 e. The molecule has 0 radical (unpaired) electrons. The summed E-state index contributed by atoms with van der Waals surface area (Å²) in [5.74, 6) is -1.76. The van der Waals surface area contributed by atoms with Crippen molar-refractivity contribution in [3.8, 4) is 0 Å². The Morgan fingerprint density at radius 3 is 1.84 bits per heavy atom. The van der Waals surface area contributed by atoms with Crippen molar-refractivity contribution in [3.63, 3.8) is 0 Å². The first-order chi connectivity index (χ1) is 17.5. The Bertz CT molecular complexity index is 1100. The molecule has 2 aromatic carbocycles. The Morgan fingerprint density at radius 1 is 0.816 bits per heavy atom. The molecule has 5 atom stereocenters. The molecule has 0 bridgehead atoms. The van der Waals surface area contributed by atoms with Crippen molar-refractivity contribution in [1.29, 1.82) is 0 Å². The van der Waals surface area contributed by atoms with Crippen LogP contribution in [0.15, 0.2) is 60.7 Å². The molecule has 2 heterocycles. The van der Waals surface area contributed by atoms with E-state index in [0.29, 0.717) is 6.42 Å². The number of rotatable bonds is 5. The fraction of sp³-hybridized carbons (Fsp3) is 0.613. The highest BCUT2D eigenvalue weighted by Gasteiger charge is 2.74. The molecule has 2 saturated heterocycles. The topological polar surface area (TPSA) is 66.4 Å². The van der Waals surface area contributed by atoms with E-state index >= 15 is 0 Å². The first kappa shape index (κ1) is 28.0. The largest absolute Gasteiger partial charge is 0.408 e. The maximum Gasteiger partial charge on any atom is 0.192 e. The molecule has 0 aromatic heterocycles. The highest BCUT2D eigenvalue weighted by atomic mass is 28.4. The van der Waals surface area contributed by atoms with Crippen molar-refractivity contribution in [2.24, 2.45) is 0 Å². The van der Waals surface area contributed by atoms with Crippen LogP contribution in [0.1, 0.15) is 66.0 Å². The Balaban J connectivity index is 1.75. The fourth-order valence-electron chi connectivity index (χ4n) is 6.27. The molecule has 7 heteroatoms. The smallest absolute Gasteiger partial charge is 0.192 e. The predicted molar refractivity (Wildman–Crippen MR) is 149 cm³/mol. The standard InChI is InChI=1S/C31H44O6Si/c1-27(2,3)38(8,9)36-25-24-23(33-28(4,5)34-24)20-30(26(25)35-29(6,7)37-30)31(32,21-16-12-10-13-17-21)22-18-14-11-15-19-22/h10-19,23-26,32H,20H2,1-9H3/t23-,24-,25-,26+,30-/m1/s1. The zero-order chi connectivity index (χ0) is 27.8. The minimum atomic E-state index is -2.31. The van der Waals surface area contributed by atoms with Crippen molar-refractivity contribution < 1.29 is 28.5 Å². The molecule has 1 saturated carbocycles. The van der Waals surface area contributed by atoms with E-state index in [0.717, 1.165) is 11.1 Å². The van der Waals surface area contributed by atoms with Crippen molar-refractivity contribution >= 4 is 8.32 Å². The molecule has 0 amide bonds. The van der Waals surface area contributed by atoms with E-state index in [1.54, 1.807) is 0 Å². The molecule has 1 N–H and O–H groups in total. The second kappa shape index (κ2) is 8.96. The first-order valence-corrected chi connectivity index (χ1v) is 16.7. The van der Waals surface area contributed by atoms with Crippen LogP contribution in [0.4, 0.5) is 0 Å². The minimum absolute atomic E-state index is 0.0400. The third-order valence-electron chi connectivity index (χ3n) is 8.88. The highest BCUT2D eigenvalue weighted by Crippen LogP contribution is 2.59. The molecule has 2 aliphatic heterocycles. The van der Waals surface area contributed by atoms with E-state index in [9.17, 15) is 5.11 Å². The van der Waals surface area contributed by atoms with E-state index < -0.39 is 43.3 Å². The van der Waals surface area contributed by atoms with E-state index in [1.165, 1.54) is 0 Å². The van der Waals surface area contributed by atoms with Crippen LogP contribution < -0.4 is 0 Å². The lowest BCUT2D eigenvalue weighted by Gasteiger charge is -2.54. The summed E-state index contributed by atoms with van der Waals surface area (Å²) in [6.07, 6.45) is -1.45. The number of hydrogen-bond donors (Lipinski definition) is 1. The molecule has 1 aliphatic carbocycles. The Hall–Kier alpha value is -1.58. The Labute approximate surface area is 228 Å². The molecule has 208 valence electrons. The quantitative estimate of drug-likeness (QED) is 0.461. The van der Waals surface area contributed by atoms with Crippen LogP contribution in [0.5, 0.6) is 0 Å². The molecule has 0 spiro atoms. The number of ether oxygens (including phenoxy) is 4. The molecule has 3 aliphatic rings. The lowest BCUT2D eigenvalue weighted by atomic mass is 9.63. The average molecular weight is 541 g/mol. The average Bonchev–Trinajstić information content (AvgIpc) is 3.29. The van der Waals surface area contributed by atoms with Gasteiger partial charge in [0.05, 0.1) is 6.10 Å². The molecule has 6 nitrogen and oxygen atoms in total. The predicted octanol–water partition coefficient (Wildman–Crippen LogP) is 6.13. The molecular weight excluding hydrogens is 496 g/mol. The van der Waals surface area contributed by atoms with Gasteiger partial charge >= 0.3 is 0 Å². The van der Waals surface area contributed by atoms with Gasteiger partial charge in [-0.1, -0.05) is 81.4 Å². The molecule has 38 heavy (non-hydrogen) atoms. The molecular formula is C31H44O6Si. The van der Waals surface area contributed by atoms with Crippen molar-refractivity contribution in [2.75, 3.05) is 0 Å². The summed E-state index contributed by atoms with van der Waals surface area (Å²) < 4.78 is 33.9. The van der Waals surface area contributed by atoms with E-state index in [1.807, 2.05) is 88.4 Å². The van der Waals surface area contributed by atoms with Crippen molar-refractivity contribution in [1.82, 2.24) is 0 Å². The number of aliphatic hydroxyl groups is 1. The fourth-order valence-corrected chi connectivity index (χ4v) is 7.56. The number of benzene rings is 2. The van der Waals surface area contributed by atoms with Gasteiger partial charge in [0.25, 0.3) is 0 Å². The van der Waals surface area contributed by atoms with Crippen LogP contribution in [-0.2, 0) is 29.0 Å². The zero-order valence-corrected chi connectivity index (χ0v) is 25.3. The summed E-state index contributed by atoms with van der Waals surface area (Å²) in [6.45, 7) is 18.8. The van der Waals surface area contributed by atoms with Crippen LogP contribution in [-0.4, -0.2) is 55.0 Å². The monoisotopic (exact) mass is 540 g/mol. The third kappa shape index (κ3) is 4.40. The summed E-state index contributed by atoms with van der Waals surface area (Å²) in [6, 6.07) is 19.5. The second-order valence-corrected chi connectivity index (χ2v) is 18.3. The number of fused-ring (bicyclic) bond motifs is 2. The maximum atomic E-state index is 13.2. The van der Waals surface area contributed by atoms with Crippen LogP contribution in [0.25, 0.3) is 0 Å². The van der Waals surface area contributed by atoms with Crippen LogP contribution >= 0.6 is 0 Å². The van der Waals surface area contributed by atoms with Gasteiger partial charge in [-0.15, -0.1) is 0 Å². The van der Waals surface area contributed by atoms with Crippen LogP contribution in [0.3, 0.4) is 0 Å². The van der Waals surface area contributed by atoms with E-state index in [4.69, 9.17) is 23.4 Å². The third-order valence-corrected chi connectivity index (χ3v) is 13.4. The lowest BCUT2D eigenvalue weighted by molar-refractivity contribution is -0.227. The highest BCUT2D eigenvalue weighted by molar-refractivity contribution is 6.74. The molecule has 0 unspecified atom stereocenters. The number of hydrogen-bond acceptors (Lipinski definition) is 6. The molecule has 3 fully saturated rings. The van der Waals surface area contributed by atoms with Gasteiger partial charge < -0.3 is 28.5 Å². The van der Waals surface area contributed by atoms with Gasteiger partial charge in [-0.3, -0.25) is 0 Å². The normalized spacial score (nSPS) is 32.6. The summed E-state index contributed by atoms with van der Waals surface area (Å²) in [5.41, 5.74) is -1.29. The van der Waals surface area contributed by atoms with Crippen molar-refractivity contribution in [3.05, 3.63) is 71.8 Å². The van der Waals surface area contributed by atoms with E-state index in [2.05, 4.69) is 33.9 Å². The van der Waals surface area contributed by atoms with Crippen LogP contribution in [0, 0.1) is 0 Å². The molecule has 5 rings (SSSR count). The SMILES string of the molecule is CC1(C)O[C@H]2[C@@H](O[Si](C)(C)C(C)(C)C)[C@@H]3OC(C)(C)O[C@]3(C(O)(c3ccccc3)c3ccccc3)C[C@H]2O1. The molecule has 2 aromatic rings. The summed E-state index contributed by atoms with van der Waals surface area (Å²) in [5, 5.41) is 13.1. The Morgan fingerprint density at radius 2 is 1.34 bits per heavy atom. The first-order valence-electron chi connectivity index (χ1n) is 13.8. The lowest BCUT2D eigenvalue weighted by Crippen LogP contribution is -2.70. The Kier molecular flexibility index (Phi) is 6.60. The van der Waals surface area contributed by atoms with Gasteiger partial charge in [0, 0.05) is 6.42 Å². The van der Waals surface area contributed by atoms with Gasteiger partial charge in [0.1, 0.15) is 29.5 Å². The maximum absolute atomic E-state index is 13.2. The van der Waals surface area contributed by atoms with Gasteiger partial charge in [0.15, 0.2) is 19.9 Å². The van der Waals surface area contributed by atoms with Gasteiger partial charge in [-0.25, -0.2) is 0 Å². The van der Waals surface area contributed by atoms with Gasteiger partial charge in [0.2, 0.25) is 0 Å². The van der Waals surface area contributed by atoms with Gasteiger partial charge in [-0.05, 0) is 57.0 Å². The van der Waals surface area contributed by atoms with Crippen LogP contribution in [0.2, 0.25) is 18.1 Å². The van der Waals surface area contributed by atoms with Gasteiger partial charge in [-0.2, -0.15) is 0 Å². The van der Waals surface area contributed by atoms with Crippen molar-refractivity contribution in [2.45, 2.75) is 120 Å². The summed E-state index contributed by atoms with van der Waals surface area (Å²) in [4.78, 5) is 0.